The highest BCUT2D eigenvalue weighted by Gasteiger charge is 2.28. The highest BCUT2D eigenvalue weighted by molar-refractivity contribution is 7.99. The zero-order valence-corrected chi connectivity index (χ0v) is 10.7. The number of aliphatic carboxylic acids is 1. The van der Waals surface area contributed by atoms with Crippen molar-refractivity contribution in [2.24, 2.45) is 0 Å². The Bertz CT molecular complexity index is 475. The molecular formula is C9H13N5O4S. The maximum atomic E-state index is 11.4. The van der Waals surface area contributed by atoms with Crippen LogP contribution in [0.1, 0.15) is 18.9 Å². The fourth-order valence-electron chi connectivity index (χ4n) is 1.31. The number of nitrogens with one attached hydrogen (secondary N) is 1. The monoisotopic (exact) mass is 287 g/mol. The smallest absolute Gasteiger partial charge is 0.334 e. The SMILES string of the molecule is O=C(CSc1nnnn1C1CC1)NCC(O)C(=O)O. The molecule has 1 unspecified atom stereocenters. The number of carboxylic acids is 1. The van der Waals surface area contributed by atoms with E-state index in [0.717, 1.165) is 12.8 Å². The first kappa shape index (κ1) is 13.7. The number of aliphatic hydroxyl groups excluding tert-OH is 1. The van der Waals surface area contributed by atoms with Gasteiger partial charge >= 0.3 is 5.97 Å². The van der Waals surface area contributed by atoms with Gasteiger partial charge in [-0.25, -0.2) is 9.48 Å². The van der Waals surface area contributed by atoms with Gasteiger partial charge in [-0.3, -0.25) is 4.79 Å². The van der Waals surface area contributed by atoms with Crippen LogP contribution in [0.25, 0.3) is 0 Å². The summed E-state index contributed by atoms with van der Waals surface area (Å²) in [5.74, 6) is -1.68. The maximum absolute atomic E-state index is 11.4. The normalized spacial score (nSPS) is 16.1. The van der Waals surface area contributed by atoms with E-state index in [4.69, 9.17) is 10.2 Å². The van der Waals surface area contributed by atoms with Gasteiger partial charge in [-0.05, 0) is 23.3 Å². The highest BCUT2D eigenvalue weighted by atomic mass is 32.2. The predicted octanol–water partition coefficient (Wildman–Crippen LogP) is -1.34. The van der Waals surface area contributed by atoms with Crippen molar-refractivity contribution in [3.63, 3.8) is 0 Å². The molecule has 1 heterocycles. The van der Waals surface area contributed by atoms with Gasteiger partial charge in [-0.15, -0.1) is 5.10 Å². The van der Waals surface area contributed by atoms with E-state index in [1.807, 2.05) is 0 Å². The average Bonchev–Trinajstić information content (AvgIpc) is 3.12. The van der Waals surface area contributed by atoms with E-state index in [9.17, 15) is 9.59 Å². The summed E-state index contributed by atoms with van der Waals surface area (Å²) in [6.45, 7) is -0.317. The van der Waals surface area contributed by atoms with Crippen molar-refractivity contribution in [2.75, 3.05) is 12.3 Å². The van der Waals surface area contributed by atoms with Crippen molar-refractivity contribution in [1.29, 1.82) is 0 Å². The fourth-order valence-corrected chi connectivity index (χ4v) is 2.08. The highest BCUT2D eigenvalue weighted by Crippen LogP contribution is 2.36. The minimum Gasteiger partial charge on any atom is -0.479 e. The van der Waals surface area contributed by atoms with Crippen LogP contribution in [0.4, 0.5) is 0 Å². The van der Waals surface area contributed by atoms with E-state index >= 15 is 0 Å². The van der Waals surface area contributed by atoms with Crippen molar-refractivity contribution in [1.82, 2.24) is 25.5 Å². The second kappa shape index (κ2) is 5.97. The zero-order chi connectivity index (χ0) is 13.8. The molecule has 1 fully saturated rings. The number of aliphatic hydroxyl groups is 1. The summed E-state index contributed by atoms with van der Waals surface area (Å²) < 4.78 is 1.68. The molecule has 3 N–H and O–H groups in total. The largest absolute Gasteiger partial charge is 0.479 e. The minimum atomic E-state index is -1.59. The van der Waals surface area contributed by atoms with Crippen LogP contribution < -0.4 is 5.32 Å². The Morgan fingerprint density at radius 2 is 2.26 bits per heavy atom. The third-order valence-electron chi connectivity index (χ3n) is 2.47. The van der Waals surface area contributed by atoms with E-state index in [0.29, 0.717) is 11.2 Å². The van der Waals surface area contributed by atoms with Crippen LogP contribution in [0.3, 0.4) is 0 Å². The molecule has 0 aliphatic heterocycles. The Hall–Kier alpha value is -1.68. The van der Waals surface area contributed by atoms with Gasteiger partial charge < -0.3 is 15.5 Å². The molecule has 1 aliphatic rings. The van der Waals surface area contributed by atoms with Crippen LogP contribution in [-0.2, 0) is 9.59 Å². The van der Waals surface area contributed by atoms with Gasteiger partial charge in [0.25, 0.3) is 0 Å². The number of thioether (sulfide) groups is 1. The molecule has 10 heteroatoms. The summed E-state index contributed by atoms with van der Waals surface area (Å²) in [6, 6.07) is 0.328. The molecule has 2 rings (SSSR count). The number of carbonyl (C=O) groups excluding carboxylic acids is 1. The standard InChI is InChI=1S/C9H13N5O4S/c15-6(8(17)18)3-10-7(16)4-19-9-11-12-13-14(9)5-1-2-5/h5-6,15H,1-4H2,(H,10,16)(H,17,18). The Labute approximate surface area is 112 Å². The molecular weight excluding hydrogens is 274 g/mol. The Kier molecular flexibility index (Phi) is 4.32. The number of rotatable bonds is 7. The quantitative estimate of drug-likeness (QED) is 0.525. The summed E-state index contributed by atoms with van der Waals surface area (Å²) in [7, 11) is 0. The van der Waals surface area contributed by atoms with E-state index in [1.54, 1.807) is 4.68 Å². The Morgan fingerprint density at radius 3 is 2.89 bits per heavy atom. The molecule has 1 atom stereocenters. The lowest BCUT2D eigenvalue weighted by Gasteiger charge is -2.07. The van der Waals surface area contributed by atoms with Gasteiger partial charge in [0.2, 0.25) is 11.1 Å². The van der Waals surface area contributed by atoms with E-state index in [1.165, 1.54) is 11.8 Å². The number of tetrazole rings is 1. The third-order valence-corrected chi connectivity index (χ3v) is 3.40. The van der Waals surface area contributed by atoms with Crippen LogP contribution in [0, 0.1) is 0 Å². The first-order valence-corrected chi connectivity index (χ1v) is 6.64. The molecule has 19 heavy (non-hydrogen) atoms. The van der Waals surface area contributed by atoms with Gasteiger partial charge in [0, 0.05) is 0 Å². The molecule has 1 aromatic rings. The predicted molar refractivity (Wildman–Crippen MR) is 63.5 cm³/mol. The number of carbonyl (C=O) groups is 2. The summed E-state index contributed by atoms with van der Waals surface area (Å²) >= 11 is 1.18. The lowest BCUT2D eigenvalue weighted by molar-refractivity contribution is -0.146. The summed E-state index contributed by atoms with van der Waals surface area (Å²) in [4.78, 5) is 21.8. The second-order valence-corrected chi connectivity index (χ2v) is 5.03. The lowest BCUT2D eigenvalue weighted by Crippen LogP contribution is -2.37. The third kappa shape index (κ3) is 3.89. The van der Waals surface area contributed by atoms with E-state index in [2.05, 4.69) is 20.8 Å². The van der Waals surface area contributed by atoms with Crippen LogP contribution >= 0.6 is 11.8 Å². The number of amides is 1. The maximum Gasteiger partial charge on any atom is 0.334 e. The summed E-state index contributed by atoms with van der Waals surface area (Å²) in [5.41, 5.74) is 0. The second-order valence-electron chi connectivity index (χ2n) is 4.08. The number of carboxylic acid groups (broad SMARTS) is 1. The summed E-state index contributed by atoms with van der Waals surface area (Å²) in [6.07, 6.45) is 0.483. The minimum absolute atomic E-state index is 0.0689. The fraction of sp³-hybridized carbons (Fsp3) is 0.667. The van der Waals surface area contributed by atoms with Gasteiger partial charge in [-0.2, -0.15) is 0 Å². The van der Waals surface area contributed by atoms with Crippen molar-refractivity contribution in [3.8, 4) is 0 Å². The van der Waals surface area contributed by atoms with Crippen molar-refractivity contribution in [3.05, 3.63) is 0 Å². The zero-order valence-electron chi connectivity index (χ0n) is 9.89. The molecule has 0 aromatic carbocycles. The van der Waals surface area contributed by atoms with Crippen molar-refractivity contribution in [2.45, 2.75) is 30.1 Å². The molecule has 0 bridgehead atoms. The first-order chi connectivity index (χ1) is 9.08. The molecule has 1 saturated carbocycles. The molecule has 1 aliphatic carbocycles. The van der Waals surface area contributed by atoms with E-state index < -0.39 is 12.1 Å². The Morgan fingerprint density at radius 1 is 1.53 bits per heavy atom. The Balaban J connectivity index is 1.74. The number of hydrogen-bond acceptors (Lipinski definition) is 7. The van der Waals surface area contributed by atoms with Gasteiger partial charge in [0.15, 0.2) is 6.10 Å². The number of hydrogen-bond donors (Lipinski definition) is 3. The molecule has 0 spiro atoms. The average molecular weight is 287 g/mol. The van der Waals surface area contributed by atoms with Crippen LogP contribution in [-0.4, -0.2) is 60.7 Å². The van der Waals surface area contributed by atoms with Gasteiger partial charge in [0.1, 0.15) is 0 Å². The van der Waals surface area contributed by atoms with E-state index in [-0.39, 0.29) is 18.2 Å². The molecule has 1 amide bonds. The molecule has 9 nitrogen and oxygen atoms in total. The number of aromatic nitrogens is 4. The van der Waals surface area contributed by atoms with Gasteiger partial charge in [0.05, 0.1) is 18.3 Å². The lowest BCUT2D eigenvalue weighted by atomic mass is 10.3. The summed E-state index contributed by atoms with van der Waals surface area (Å²) in [5, 5.41) is 31.5. The van der Waals surface area contributed by atoms with Gasteiger partial charge in [-0.1, -0.05) is 11.8 Å². The molecule has 1 aromatic heterocycles. The van der Waals surface area contributed by atoms with Crippen LogP contribution in [0.5, 0.6) is 0 Å². The molecule has 0 saturated heterocycles. The topological polar surface area (TPSA) is 130 Å². The van der Waals surface area contributed by atoms with Crippen LogP contribution in [0.15, 0.2) is 5.16 Å². The van der Waals surface area contributed by atoms with Crippen LogP contribution in [0.2, 0.25) is 0 Å². The first-order valence-electron chi connectivity index (χ1n) is 5.66. The molecule has 0 radical (unpaired) electrons. The molecule has 104 valence electrons. The number of nitrogens with zero attached hydrogens (tertiary/aromatic N) is 4. The van der Waals surface area contributed by atoms with Crippen molar-refractivity contribution >= 4 is 23.6 Å². The van der Waals surface area contributed by atoms with Crippen molar-refractivity contribution < 1.29 is 19.8 Å².